The van der Waals surface area contributed by atoms with Crippen molar-refractivity contribution in [2.24, 2.45) is 0 Å². The van der Waals surface area contributed by atoms with Crippen LogP contribution >= 0.6 is 17.1 Å². The third-order valence-electron chi connectivity index (χ3n) is 1.08. The smallest absolute Gasteiger partial charge is 0.565 e. The fourth-order valence-electron chi connectivity index (χ4n) is 0.390. The van der Waals surface area contributed by atoms with Gasteiger partial charge >= 0.3 is 29.6 Å². The molecular weight excluding hydrogens is 300 g/mol. The third-order valence-corrected chi connectivity index (χ3v) is 6.76. The van der Waals surface area contributed by atoms with Crippen LogP contribution in [-0.4, -0.2) is 44.2 Å². The van der Waals surface area contributed by atoms with E-state index in [1.807, 2.05) is 0 Å². The monoisotopic (exact) mass is 313 g/mol. The van der Waals surface area contributed by atoms with Gasteiger partial charge in [-0.15, -0.1) is 0 Å². The average Bonchev–Trinajstić information content (AvgIpc) is 2.24. The van der Waals surface area contributed by atoms with Gasteiger partial charge in [-0.2, -0.15) is 0 Å². The van der Waals surface area contributed by atoms with Crippen molar-refractivity contribution in [2.75, 3.05) is 27.0 Å². The van der Waals surface area contributed by atoms with Gasteiger partial charge in [0.05, 0.1) is 5.75 Å². The average molecular weight is 313 g/mol. The van der Waals surface area contributed by atoms with Crippen LogP contribution in [0.25, 0.3) is 0 Å². The molecule has 0 aromatic heterocycles. The molecule has 96 valence electrons. The van der Waals surface area contributed by atoms with Crippen molar-refractivity contribution < 1.29 is 58.4 Å². The van der Waals surface area contributed by atoms with Gasteiger partial charge in [0.2, 0.25) is 17.8 Å². The van der Waals surface area contributed by atoms with Gasteiger partial charge in [0.25, 0.3) is 0 Å². The molecule has 0 heterocycles. The molecule has 0 aromatic carbocycles. The largest absolute Gasteiger partial charge is 1.00 e. The molecule has 0 aliphatic rings. The molecule has 1 amide bonds. The Morgan fingerprint density at radius 3 is 2.06 bits per heavy atom. The first-order valence-electron chi connectivity index (χ1n) is 3.78. The SMILES string of the molecule is CNC(=O)CSP(=S)(OC)OC.O=C([O-])O.[Na+]. The summed E-state index contributed by atoms with van der Waals surface area (Å²) in [6.07, 6.45) is -2.08. The molecule has 7 nitrogen and oxygen atoms in total. The summed E-state index contributed by atoms with van der Waals surface area (Å²) in [4.78, 5) is 19.3. The Morgan fingerprint density at radius 1 is 1.47 bits per heavy atom. The van der Waals surface area contributed by atoms with Crippen LogP contribution in [0.5, 0.6) is 0 Å². The van der Waals surface area contributed by atoms with Gasteiger partial charge in [-0.3, -0.25) is 4.79 Å². The zero-order valence-corrected chi connectivity index (χ0v) is 14.5. The number of carbonyl (C=O) groups is 2. The number of hydrogen-bond donors (Lipinski definition) is 2. The van der Waals surface area contributed by atoms with Crippen LogP contribution < -0.4 is 40.0 Å². The van der Waals surface area contributed by atoms with Crippen molar-refractivity contribution in [3.63, 3.8) is 0 Å². The van der Waals surface area contributed by atoms with E-state index in [0.717, 1.165) is 0 Å². The molecule has 2 N–H and O–H groups in total. The number of hydrogen-bond acceptors (Lipinski definition) is 7. The fraction of sp³-hybridized carbons (Fsp3) is 0.667. The zero-order chi connectivity index (χ0) is 13.2. The van der Waals surface area contributed by atoms with E-state index in [0.29, 0.717) is 0 Å². The van der Waals surface area contributed by atoms with Gasteiger partial charge < -0.3 is 29.4 Å². The second-order valence-corrected chi connectivity index (χ2v) is 8.55. The van der Waals surface area contributed by atoms with Crippen molar-refractivity contribution in [3.8, 4) is 0 Å². The Kier molecular flexibility index (Phi) is 17.6. The molecule has 0 aliphatic carbocycles. The summed E-state index contributed by atoms with van der Waals surface area (Å²) in [6, 6.07) is 0. The molecule has 0 aromatic rings. The van der Waals surface area contributed by atoms with Gasteiger partial charge in [0, 0.05) is 21.3 Å². The molecule has 0 bridgehead atoms. The van der Waals surface area contributed by atoms with E-state index >= 15 is 0 Å². The summed E-state index contributed by atoms with van der Waals surface area (Å²) in [7, 11) is 4.55. The number of carbonyl (C=O) groups excluding carboxylic acids is 1. The van der Waals surface area contributed by atoms with Crippen molar-refractivity contribution in [3.05, 3.63) is 0 Å². The molecule has 0 atom stereocenters. The van der Waals surface area contributed by atoms with Crippen LogP contribution in [0.2, 0.25) is 0 Å². The second-order valence-electron chi connectivity index (χ2n) is 2.02. The number of rotatable bonds is 5. The fourth-order valence-corrected chi connectivity index (χ4v) is 3.10. The van der Waals surface area contributed by atoms with Crippen LogP contribution in [-0.2, 0) is 25.6 Å². The molecule has 17 heavy (non-hydrogen) atoms. The molecule has 0 fully saturated rings. The minimum absolute atomic E-state index is 0. The van der Waals surface area contributed by atoms with Crippen LogP contribution in [0.3, 0.4) is 0 Å². The molecular formula is C6H13NNaO6PS2. The van der Waals surface area contributed by atoms with E-state index < -0.39 is 11.8 Å². The molecule has 0 saturated carbocycles. The van der Waals surface area contributed by atoms with Crippen LogP contribution in [0.4, 0.5) is 4.79 Å². The molecule has 0 aliphatic heterocycles. The maximum absolute atomic E-state index is 10.8. The second kappa shape index (κ2) is 13.1. The molecule has 11 heteroatoms. The molecule has 0 spiro atoms. The summed E-state index contributed by atoms with van der Waals surface area (Å²) < 4.78 is 9.94. The van der Waals surface area contributed by atoms with Gasteiger partial charge in [-0.05, 0) is 11.8 Å². The summed E-state index contributed by atoms with van der Waals surface area (Å²) in [5.41, 5.74) is -2.26. The maximum Gasteiger partial charge on any atom is 1.00 e. The maximum atomic E-state index is 10.8. The van der Waals surface area contributed by atoms with Crippen molar-refractivity contribution in [2.45, 2.75) is 0 Å². The van der Waals surface area contributed by atoms with Gasteiger partial charge in [-0.1, -0.05) is 11.4 Å². The Morgan fingerprint density at radius 2 is 1.82 bits per heavy atom. The first-order chi connectivity index (χ1) is 7.31. The quantitative estimate of drug-likeness (QED) is 0.405. The standard InChI is InChI=1S/C5H12NO3PS2.CH2O3.Na/c1-6-5(7)4-12-10(11,8-2)9-3;2-1(3)4;/h4H2,1-3H3,(H,6,7);(H2,2,3,4);/q;;+1/p-1. The Labute approximate surface area is 131 Å². The minimum atomic E-state index is -2.26. The van der Waals surface area contributed by atoms with Crippen molar-refractivity contribution in [1.82, 2.24) is 5.32 Å². The molecule has 0 saturated heterocycles. The minimum Gasteiger partial charge on any atom is -0.565 e. The summed E-state index contributed by atoms with van der Waals surface area (Å²) in [6.45, 7) is 0. The normalized spacial score (nSPS) is 9.35. The third kappa shape index (κ3) is 16.7. The van der Waals surface area contributed by atoms with E-state index in [1.165, 1.54) is 25.6 Å². The van der Waals surface area contributed by atoms with E-state index in [1.54, 1.807) is 7.05 Å². The molecule has 0 rings (SSSR count). The van der Waals surface area contributed by atoms with Gasteiger partial charge in [0.15, 0.2) is 0 Å². The predicted molar refractivity (Wildman–Crippen MR) is 62.9 cm³/mol. The molecule has 0 radical (unpaired) electrons. The summed E-state index contributed by atoms with van der Waals surface area (Å²) in [5.74, 6) is 0.193. The first kappa shape index (κ1) is 22.8. The van der Waals surface area contributed by atoms with Crippen molar-refractivity contribution >= 4 is 40.9 Å². The Hall–Kier alpha value is 0.660. The van der Waals surface area contributed by atoms with Crippen LogP contribution in [0.1, 0.15) is 0 Å². The van der Waals surface area contributed by atoms with Crippen molar-refractivity contribution in [1.29, 1.82) is 0 Å². The number of amides is 1. The molecule has 0 unspecified atom stereocenters. The number of carboxylic acid groups (broad SMARTS) is 2. The van der Waals surface area contributed by atoms with E-state index in [9.17, 15) is 4.79 Å². The van der Waals surface area contributed by atoms with Gasteiger partial charge in [-0.25, -0.2) is 0 Å². The summed E-state index contributed by atoms with van der Waals surface area (Å²) in [5, 5.41) is 17.8. The zero-order valence-electron chi connectivity index (χ0n) is 9.96. The van der Waals surface area contributed by atoms with E-state index in [-0.39, 0.29) is 41.2 Å². The van der Waals surface area contributed by atoms with Gasteiger partial charge in [0.1, 0.15) is 0 Å². The van der Waals surface area contributed by atoms with E-state index in [2.05, 4.69) is 5.32 Å². The predicted octanol–water partition coefficient (Wildman–Crippen LogP) is -3.13. The van der Waals surface area contributed by atoms with E-state index in [4.69, 9.17) is 35.9 Å². The summed E-state index contributed by atoms with van der Waals surface area (Å²) >= 11 is 6.25. The Bertz CT molecular complexity index is 267. The topological polar surface area (TPSA) is 108 Å². The van der Waals surface area contributed by atoms with Crippen LogP contribution in [0, 0.1) is 0 Å². The Balaban J connectivity index is -0.000000340. The van der Waals surface area contributed by atoms with Crippen LogP contribution in [0.15, 0.2) is 0 Å². The number of nitrogens with one attached hydrogen (secondary N) is 1. The first-order valence-corrected chi connectivity index (χ1v) is 8.00.